The average molecular weight is 293 g/mol. The van der Waals surface area contributed by atoms with E-state index in [0.717, 1.165) is 30.8 Å². The van der Waals surface area contributed by atoms with Gasteiger partial charge in [0.1, 0.15) is 0 Å². The number of aryl methyl sites for hydroxylation is 1. The lowest BCUT2D eigenvalue weighted by Crippen LogP contribution is -2.39. The summed E-state index contributed by atoms with van der Waals surface area (Å²) in [5.74, 6) is 0.413. The summed E-state index contributed by atoms with van der Waals surface area (Å²) in [5.41, 5.74) is 6.19. The number of fused-ring (bicyclic) bond motifs is 1. The largest absolute Gasteiger partial charge is 0.322 e. The number of Topliss-reactive ketones (excluding diaryl/α,β-unsaturated/α-hetero) is 1. The lowest BCUT2D eigenvalue weighted by molar-refractivity contribution is -0.111. The van der Waals surface area contributed by atoms with E-state index < -0.39 is 0 Å². The van der Waals surface area contributed by atoms with Gasteiger partial charge in [-0.25, -0.2) is 0 Å². The van der Waals surface area contributed by atoms with Crippen molar-refractivity contribution < 1.29 is 4.79 Å². The van der Waals surface area contributed by atoms with Crippen LogP contribution in [0.3, 0.4) is 0 Å². The van der Waals surface area contributed by atoms with Crippen LogP contribution >= 0.6 is 0 Å². The van der Waals surface area contributed by atoms with E-state index in [1.807, 2.05) is 47.4 Å². The average Bonchev–Trinajstić information content (AvgIpc) is 2.56. The van der Waals surface area contributed by atoms with Crippen LogP contribution in [-0.2, 0) is 11.2 Å². The van der Waals surface area contributed by atoms with E-state index in [4.69, 9.17) is 0 Å². The Kier molecular flexibility index (Phi) is 4.19. The van der Waals surface area contributed by atoms with Gasteiger partial charge < -0.3 is 4.90 Å². The van der Waals surface area contributed by atoms with Crippen molar-refractivity contribution in [2.24, 2.45) is 5.10 Å². The van der Waals surface area contributed by atoms with Gasteiger partial charge in [0.2, 0.25) is 0 Å². The maximum absolute atomic E-state index is 12.1. The Morgan fingerprint density at radius 1 is 1.09 bits per heavy atom. The van der Waals surface area contributed by atoms with Crippen molar-refractivity contribution in [1.82, 2.24) is 0 Å². The third-order valence-electron chi connectivity index (χ3n) is 3.75. The number of carbonyl (C=O) groups is 1. The van der Waals surface area contributed by atoms with Crippen LogP contribution in [0.1, 0.15) is 18.9 Å². The zero-order valence-electron chi connectivity index (χ0n) is 12.6. The Morgan fingerprint density at radius 2 is 1.82 bits per heavy atom. The second kappa shape index (κ2) is 6.43. The van der Waals surface area contributed by atoms with Gasteiger partial charge in [0.25, 0.3) is 0 Å². The van der Waals surface area contributed by atoms with Crippen molar-refractivity contribution in [3.05, 3.63) is 60.2 Å². The summed E-state index contributed by atoms with van der Waals surface area (Å²) in [6.07, 6.45) is 2.07. The van der Waals surface area contributed by atoms with Gasteiger partial charge in [0, 0.05) is 19.2 Å². The highest BCUT2D eigenvalue weighted by Crippen LogP contribution is 2.27. The molecule has 1 heterocycles. The maximum Gasteiger partial charge on any atom is 0.197 e. The number of nitrogens with one attached hydrogen (secondary N) is 1. The molecule has 0 radical (unpaired) electrons. The highest BCUT2D eigenvalue weighted by Gasteiger charge is 2.23. The summed E-state index contributed by atoms with van der Waals surface area (Å²) in [6.45, 7) is 2.37. The molecule has 22 heavy (non-hydrogen) atoms. The zero-order chi connectivity index (χ0) is 15.4. The number of anilines is 2. The van der Waals surface area contributed by atoms with Gasteiger partial charge in [-0.2, -0.15) is 5.10 Å². The number of para-hydroxylation sites is 2. The Labute approximate surface area is 130 Å². The van der Waals surface area contributed by atoms with Gasteiger partial charge in [-0.1, -0.05) is 36.4 Å². The molecule has 2 aromatic rings. The number of ketones is 1. The van der Waals surface area contributed by atoms with Crippen LogP contribution in [0.25, 0.3) is 0 Å². The summed E-state index contributed by atoms with van der Waals surface area (Å²) < 4.78 is 0. The van der Waals surface area contributed by atoms with Crippen molar-refractivity contribution in [2.75, 3.05) is 16.9 Å². The van der Waals surface area contributed by atoms with Crippen molar-refractivity contribution in [2.45, 2.75) is 19.8 Å². The summed E-state index contributed by atoms with van der Waals surface area (Å²) >= 11 is 0. The third kappa shape index (κ3) is 3.01. The van der Waals surface area contributed by atoms with Crippen molar-refractivity contribution in [1.29, 1.82) is 0 Å². The number of amidine groups is 1. The summed E-state index contributed by atoms with van der Waals surface area (Å²) in [4.78, 5) is 14.1. The minimum Gasteiger partial charge on any atom is -0.322 e. The molecule has 0 aliphatic carbocycles. The number of carbonyl (C=O) groups excluding carboxylic acids is 1. The molecule has 0 saturated heterocycles. The molecule has 1 aliphatic heterocycles. The molecule has 2 aromatic carbocycles. The molecule has 0 aromatic heterocycles. The topological polar surface area (TPSA) is 44.7 Å². The van der Waals surface area contributed by atoms with Gasteiger partial charge in [0.15, 0.2) is 11.6 Å². The molecule has 0 amide bonds. The molecule has 112 valence electrons. The molecule has 0 fully saturated rings. The standard InChI is InChI=1S/C18H19N3O/c1-14(22)18(20-19-16-10-3-2-4-11-16)21-13-7-9-15-8-5-6-12-17(15)21/h2-6,8,10-12,19H,7,9,13H2,1H3. The molecule has 0 unspecified atom stereocenters. The molecular formula is C18H19N3O. The van der Waals surface area contributed by atoms with Crippen LogP contribution in [0.5, 0.6) is 0 Å². The highest BCUT2D eigenvalue weighted by molar-refractivity contribution is 6.43. The van der Waals surface area contributed by atoms with Crippen LogP contribution in [0.2, 0.25) is 0 Å². The number of hydrogen-bond donors (Lipinski definition) is 1. The normalized spacial score (nSPS) is 14.4. The molecule has 0 bridgehead atoms. The molecule has 0 saturated carbocycles. The quantitative estimate of drug-likeness (QED) is 0.535. The van der Waals surface area contributed by atoms with E-state index >= 15 is 0 Å². The molecule has 0 atom stereocenters. The molecule has 4 nitrogen and oxygen atoms in total. The molecule has 0 spiro atoms. The van der Waals surface area contributed by atoms with Gasteiger partial charge in [-0.15, -0.1) is 0 Å². The molecule has 1 aliphatic rings. The Hall–Kier alpha value is -2.62. The monoisotopic (exact) mass is 293 g/mol. The van der Waals surface area contributed by atoms with Crippen LogP contribution in [-0.4, -0.2) is 18.2 Å². The zero-order valence-corrected chi connectivity index (χ0v) is 12.6. The van der Waals surface area contributed by atoms with Crippen LogP contribution in [0.4, 0.5) is 11.4 Å². The van der Waals surface area contributed by atoms with E-state index in [1.54, 1.807) is 6.92 Å². The second-order valence-electron chi connectivity index (χ2n) is 5.35. The fourth-order valence-corrected chi connectivity index (χ4v) is 2.71. The molecular weight excluding hydrogens is 274 g/mol. The lowest BCUT2D eigenvalue weighted by atomic mass is 10.0. The van der Waals surface area contributed by atoms with Crippen molar-refractivity contribution in [3.8, 4) is 0 Å². The van der Waals surface area contributed by atoms with E-state index in [1.165, 1.54) is 5.56 Å². The molecule has 4 heteroatoms. The highest BCUT2D eigenvalue weighted by atomic mass is 16.1. The van der Waals surface area contributed by atoms with Gasteiger partial charge >= 0.3 is 0 Å². The predicted octanol–water partition coefficient (Wildman–Crippen LogP) is 3.45. The number of nitrogens with zero attached hydrogens (tertiary/aromatic N) is 2. The minimum atomic E-state index is -0.0415. The van der Waals surface area contributed by atoms with E-state index in [-0.39, 0.29) is 5.78 Å². The van der Waals surface area contributed by atoms with Gasteiger partial charge in [-0.3, -0.25) is 10.2 Å². The molecule has 1 N–H and O–H groups in total. The SMILES string of the molecule is CC(=O)C(=NNc1ccccc1)N1CCCc2ccccc21. The van der Waals surface area contributed by atoms with Crippen molar-refractivity contribution in [3.63, 3.8) is 0 Å². The third-order valence-corrected chi connectivity index (χ3v) is 3.75. The summed E-state index contributed by atoms with van der Waals surface area (Å²) in [6, 6.07) is 17.9. The Morgan fingerprint density at radius 3 is 2.59 bits per heavy atom. The predicted molar refractivity (Wildman–Crippen MR) is 90.3 cm³/mol. The van der Waals surface area contributed by atoms with Gasteiger partial charge in [0.05, 0.1) is 5.69 Å². The smallest absolute Gasteiger partial charge is 0.197 e. The number of hydrazone groups is 1. The van der Waals surface area contributed by atoms with Crippen LogP contribution in [0, 0.1) is 0 Å². The van der Waals surface area contributed by atoms with E-state index in [9.17, 15) is 4.79 Å². The van der Waals surface area contributed by atoms with Crippen LogP contribution < -0.4 is 10.3 Å². The summed E-state index contributed by atoms with van der Waals surface area (Å²) in [5, 5.41) is 4.36. The Balaban J connectivity index is 1.91. The van der Waals surface area contributed by atoms with E-state index in [0.29, 0.717) is 5.84 Å². The first-order valence-electron chi connectivity index (χ1n) is 7.51. The first kappa shape index (κ1) is 14.3. The first-order valence-corrected chi connectivity index (χ1v) is 7.51. The number of rotatable bonds is 3. The minimum absolute atomic E-state index is 0.0415. The van der Waals surface area contributed by atoms with E-state index in [2.05, 4.69) is 22.7 Å². The van der Waals surface area contributed by atoms with Crippen LogP contribution in [0.15, 0.2) is 59.7 Å². The fourth-order valence-electron chi connectivity index (χ4n) is 2.71. The van der Waals surface area contributed by atoms with Gasteiger partial charge in [-0.05, 0) is 36.6 Å². The number of benzene rings is 2. The lowest BCUT2D eigenvalue weighted by Gasteiger charge is -2.30. The number of hydrogen-bond acceptors (Lipinski definition) is 3. The fraction of sp³-hybridized carbons (Fsp3) is 0.222. The Bertz CT molecular complexity index is 694. The molecule has 3 rings (SSSR count). The summed E-state index contributed by atoms with van der Waals surface area (Å²) in [7, 11) is 0. The second-order valence-corrected chi connectivity index (χ2v) is 5.35. The first-order chi connectivity index (χ1) is 10.8. The maximum atomic E-state index is 12.1. The van der Waals surface area contributed by atoms with Crippen molar-refractivity contribution >= 4 is 23.0 Å².